The summed E-state index contributed by atoms with van der Waals surface area (Å²) in [5, 5.41) is 21.0. The minimum Gasteiger partial charge on any atom is -0.336 e. The fraction of sp³-hybridized carbons (Fsp3) is 0.353. The van der Waals surface area contributed by atoms with Crippen LogP contribution in [0.15, 0.2) is 24.4 Å². The van der Waals surface area contributed by atoms with E-state index in [0.717, 1.165) is 5.69 Å². The number of nitrogens with zero attached hydrogens (tertiary/aromatic N) is 7. The van der Waals surface area contributed by atoms with Crippen LogP contribution in [0.2, 0.25) is 0 Å². The number of carbonyl (C=O) groups excluding carboxylic acids is 2. The lowest BCUT2D eigenvalue weighted by molar-refractivity contribution is -0.128. The van der Waals surface area contributed by atoms with Crippen LogP contribution in [0.5, 0.6) is 0 Å². The predicted octanol–water partition coefficient (Wildman–Crippen LogP) is 0.384. The topological polar surface area (TPSA) is 135 Å². The zero-order valence-electron chi connectivity index (χ0n) is 15.5. The van der Waals surface area contributed by atoms with Gasteiger partial charge in [0.1, 0.15) is 0 Å². The van der Waals surface area contributed by atoms with Crippen molar-refractivity contribution in [3.05, 3.63) is 41.5 Å². The number of aromatic nitrogens is 7. The molecule has 0 spiro atoms. The van der Waals surface area contributed by atoms with Crippen molar-refractivity contribution < 1.29 is 9.59 Å². The number of rotatable bonds is 5. The zero-order chi connectivity index (χ0) is 19.7. The number of amides is 2. The van der Waals surface area contributed by atoms with Gasteiger partial charge in [-0.05, 0) is 31.2 Å². The molecular weight excluding hydrogens is 362 g/mol. The lowest BCUT2D eigenvalue weighted by atomic mass is 10.1. The van der Waals surface area contributed by atoms with Crippen molar-refractivity contribution in [1.82, 2.24) is 40.3 Å². The molecule has 0 aliphatic carbocycles. The zero-order valence-corrected chi connectivity index (χ0v) is 15.5. The number of anilines is 1. The van der Waals surface area contributed by atoms with Crippen molar-refractivity contribution >= 4 is 17.5 Å². The van der Waals surface area contributed by atoms with Gasteiger partial charge in [0, 0.05) is 19.2 Å². The number of tetrazole rings is 1. The van der Waals surface area contributed by atoms with Crippen molar-refractivity contribution in [2.24, 2.45) is 5.92 Å². The normalized spacial score (nSPS) is 16.6. The van der Waals surface area contributed by atoms with Gasteiger partial charge in [-0.3, -0.25) is 14.6 Å². The minimum absolute atomic E-state index is 0.0539. The number of carbonyl (C=O) groups is 2. The molecule has 0 aromatic carbocycles. The molecule has 3 aromatic heterocycles. The molecule has 1 atom stereocenters. The monoisotopic (exact) mass is 381 g/mol. The van der Waals surface area contributed by atoms with Crippen LogP contribution in [-0.2, 0) is 16.1 Å². The number of nitrogens with one attached hydrogen (secondary N) is 2. The molecule has 1 aliphatic heterocycles. The summed E-state index contributed by atoms with van der Waals surface area (Å²) in [5.41, 5.74) is 2.70. The molecule has 144 valence electrons. The van der Waals surface area contributed by atoms with Crippen molar-refractivity contribution in [3.8, 4) is 5.95 Å². The van der Waals surface area contributed by atoms with Crippen LogP contribution in [0.25, 0.3) is 5.95 Å². The van der Waals surface area contributed by atoms with E-state index in [-0.39, 0.29) is 18.2 Å². The molecule has 3 aromatic rings. The average Bonchev–Trinajstić information content (AvgIpc) is 3.40. The first-order valence-corrected chi connectivity index (χ1v) is 8.81. The molecule has 1 unspecified atom stereocenters. The van der Waals surface area contributed by atoms with Crippen LogP contribution in [0.3, 0.4) is 0 Å². The Morgan fingerprint density at radius 2 is 2.21 bits per heavy atom. The molecule has 2 N–H and O–H groups in total. The smallest absolute Gasteiger partial charge is 0.290 e. The van der Waals surface area contributed by atoms with Gasteiger partial charge in [0.15, 0.2) is 0 Å². The Hall–Kier alpha value is -3.63. The second kappa shape index (κ2) is 7.18. The molecule has 0 radical (unpaired) electrons. The SMILES string of the molecule is Cc1nn(-c2nn[nH]n2)c(C)c1NC(=O)C1CC(=O)N(Cc2ccccn2)C1. The maximum atomic E-state index is 12.8. The highest BCUT2D eigenvalue weighted by Crippen LogP contribution is 2.25. The summed E-state index contributed by atoms with van der Waals surface area (Å²) < 4.78 is 1.50. The van der Waals surface area contributed by atoms with Gasteiger partial charge in [0.05, 0.1) is 35.2 Å². The van der Waals surface area contributed by atoms with Crippen LogP contribution in [0.4, 0.5) is 5.69 Å². The Balaban J connectivity index is 1.45. The Bertz CT molecular complexity index is 997. The molecule has 1 fully saturated rings. The number of pyridine rings is 1. The van der Waals surface area contributed by atoms with Gasteiger partial charge < -0.3 is 10.2 Å². The third-order valence-electron chi connectivity index (χ3n) is 4.73. The molecule has 11 nitrogen and oxygen atoms in total. The summed E-state index contributed by atoms with van der Waals surface area (Å²) in [7, 11) is 0. The van der Waals surface area contributed by atoms with E-state index in [2.05, 4.69) is 36.0 Å². The lowest BCUT2D eigenvalue weighted by Gasteiger charge is -2.16. The third-order valence-corrected chi connectivity index (χ3v) is 4.73. The molecule has 0 saturated carbocycles. The summed E-state index contributed by atoms with van der Waals surface area (Å²) in [4.78, 5) is 31.0. The summed E-state index contributed by atoms with van der Waals surface area (Å²) in [6.45, 7) is 4.35. The molecule has 4 rings (SSSR count). The van der Waals surface area contributed by atoms with E-state index < -0.39 is 5.92 Å². The molecule has 11 heteroatoms. The summed E-state index contributed by atoms with van der Waals surface area (Å²) in [6.07, 6.45) is 1.86. The molecule has 1 saturated heterocycles. The second-order valence-corrected chi connectivity index (χ2v) is 6.66. The number of hydrogen-bond donors (Lipinski definition) is 2. The van der Waals surface area contributed by atoms with E-state index in [1.165, 1.54) is 4.68 Å². The van der Waals surface area contributed by atoms with Gasteiger partial charge in [-0.2, -0.15) is 15.0 Å². The van der Waals surface area contributed by atoms with Crippen LogP contribution in [0.1, 0.15) is 23.5 Å². The van der Waals surface area contributed by atoms with E-state index in [9.17, 15) is 9.59 Å². The van der Waals surface area contributed by atoms with E-state index in [1.807, 2.05) is 18.2 Å². The second-order valence-electron chi connectivity index (χ2n) is 6.66. The Labute approximate surface area is 160 Å². The molecule has 2 amide bonds. The van der Waals surface area contributed by atoms with Crippen LogP contribution in [-0.4, -0.2) is 58.6 Å². The highest BCUT2D eigenvalue weighted by Gasteiger charge is 2.35. The quantitative estimate of drug-likeness (QED) is 0.652. The summed E-state index contributed by atoms with van der Waals surface area (Å²) in [5.74, 6) is -0.403. The third kappa shape index (κ3) is 3.33. The van der Waals surface area contributed by atoms with Crippen molar-refractivity contribution in [2.75, 3.05) is 11.9 Å². The van der Waals surface area contributed by atoms with E-state index in [1.54, 1.807) is 24.9 Å². The van der Waals surface area contributed by atoms with E-state index in [0.29, 0.717) is 36.1 Å². The number of likely N-dealkylation sites (tertiary alicyclic amines) is 1. The number of aryl methyl sites for hydroxylation is 1. The maximum absolute atomic E-state index is 12.8. The van der Waals surface area contributed by atoms with Crippen molar-refractivity contribution in [2.45, 2.75) is 26.8 Å². The Morgan fingerprint density at radius 3 is 2.93 bits per heavy atom. The van der Waals surface area contributed by atoms with Crippen LogP contribution >= 0.6 is 0 Å². The fourth-order valence-corrected chi connectivity index (χ4v) is 3.28. The van der Waals surface area contributed by atoms with Crippen molar-refractivity contribution in [1.29, 1.82) is 0 Å². The van der Waals surface area contributed by atoms with Gasteiger partial charge in [-0.25, -0.2) is 0 Å². The minimum atomic E-state index is -0.427. The first kappa shape index (κ1) is 17.8. The molecule has 1 aliphatic rings. The van der Waals surface area contributed by atoms with E-state index >= 15 is 0 Å². The fourth-order valence-electron chi connectivity index (χ4n) is 3.28. The molecule has 28 heavy (non-hydrogen) atoms. The van der Waals surface area contributed by atoms with Gasteiger partial charge in [-0.1, -0.05) is 11.2 Å². The Morgan fingerprint density at radius 1 is 1.36 bits per heavy atom. The molecule has 0 bridgehead atoms. The highest BCUT2D eigenvalue weighted by atomic mass is 16.2. The highest BCUT2D eigenvalue weighted by molar-refractivity contribution is 5.97. The first-order chi connectivity index (χ1) is 13.5. The number of hydrogen-bond acceptors (Lipinski definition) is 7. The van der Waals surface area contributed by atoms with Gasteiger partial charge in [0.25, 0.3) is 5.95 Å². The largest absolute Gasteiger partial charge is 0.336 e. The molecule has 4 heterocycles. The molecular formula is C17H19N9O2. The number of H-pyrrole nitrogens is 1. The first-order valence-electron chi connectivity index (χ1n) is 8.81. The summed E-state index contributed by atoms with van der Waals surface area (Å²) >= 11 is 0. The average molecular weight is 381 g/mol. The standard InChI is InChI=1S/C17H19N9O2/c1-10-15(11(2)26(22-10)17-20-23-24-21-17)19-16(28)12-7-14(27)25(8-12)9-13-5-3-4-6-18-13/h3-6,12H,7-9H2,1-2H3,(H,19,28)(H,20,21,23,24). The maximum Gasteiger partial charge on any atom is 0.290 e. The predicted molar refractivity (Wildman–Crippen MR) is 97.2 cm³/mol. The Kier molecular flexibility index (Phi) is 4.55. The van der Waals surface area contributed by atoms with Crippen LogP contribution in [0, 0.1) is 19.8 Å². The van der Waals surface area contributed by atoms with Gasteiger partial charge in [0.2, 0.25) is 11.8 Å². The van der Waals surface area contributed by atoms with Gasteiger partial charge >= 0.3 is 0 Å². The number of aromatic amines is 1. The van der Waals surface area contributed by atoms with Gasteiger partial charge in [-0.15, -0.1) is 5.10 Å². The summed E-state index contributed by atoms with van der Waals surface area (Å²) in [6, 6.07) is 5.56. The van der Waals surface area contributed by atoms with Crippen LogP contribution < -0.4 is 5.32 Å². The van der Waals surface area contributed by atoms with E-state index in [4.69, 9.17) is 0 Å². The lowest BCUT2D eigenvalue weighted by Crippen LogP contribution is -2.28. The van der Waals surface area contributed by atoms with Crippen molar-refractivity contribution in [3.63, 3.8) is 0 Å².